The van der Waals surface area contributed by atoms with Gasteiger partial charge < -0.3 is 11.1 Å². The number of aromatic amines is 1. The molecule has 0 aliphatic carbocycles. The van der Waals surface area contributed by atoms with Crippen molar-refractivity contribution in [3.8, 4) is 0 Å². The maximum atomic E-state index is 12.0. The van der Waals surface area contributed by atoms with Gasteiger partial charge >= 0.3 is 0 Å². The van der Waals surface area contributed by atoms with Gasteiger partial charge in [-0.05, 0) is 47.5 Å². The minimum absolute atomic E-state index is 0.209. The Bertz CT molecular complexity index is 606. The van der Waals surface area contributed by atoms with Gasteiger partial charge in [0, 0.05) is 4.47 Å². The van der Waals surface area contributed by atoms with Crippen molar-refractivity contribution in [1.82, 2.24) is 10.2 Å². The second kappa shape index (κ2) is 4.81. The fraction of sp³-hybridized carbons (Fsp3) is 0.167. The zero-order chi connectivity index (χ0) is 13.3. The Labute approximate surface area is 113 Å². The molecule has 5 nitrogen and oxygen atoms in total. The highest BCUT2D eigenvalue weighted by molar-refractivity contribution is 9.10. The molecule has 0 bridgehead atoms. The largest absolute Gasteiger partial charge is 0.395 e. The normalized spacial score (nSPS) is 10.4. The van der Waals surface area contributed by atoms with Crippen LogP contribution in [0.2, 0.25) is 0 Å². The van der Waals surface area contributed by atoms with E-state index < -0.39 is 0 Å². The summed E-state index contributed by atoms with van der Waals surface area (Å²) in [5.41, 5.74) is 8.77. The first-order valence-corrected chi connectivity index (χ1v) is 6.16. The van der Waals surface area contributed by atoms with E-state index in [2.05, 4.69) is 31.4 Å². The molecule has 1 heterocycles. The SMILES string of the molecule is Cc1ccc(Br)c(NC(=O)c2n[nH]c(C)c2N)c1. The standard InChI is InChI=1S/C12H13BrN4O/c1-6-3-4-8(13)9(5-6)15-12(18)11-10(14)7(2)16-17-11/h3-5H,14H2,1-2H3,(H,15,18)(H,16,17). The van der Waals surface area contributed by atoms with Crippen LogP contribution < -0.4 is 11.1 Å². The number of anilines is 2. The molecule has 0 radical (unpaired) electrons. The number of hydrogen-bond acceptors (Lipinski definition) is 3. The third-order valence-corrected chi connectivity index (χ3v) is 3.27. The molecule has 1 amide bonds. The Hall–Kier alpha value is -1.82. The first-order chi connectivity index (χ1) is 8.49. The average molecular weight is 309 g/mol. The van der Waals surface area contributed by atoms with Crippen LogP contribution in [0.3, 0.4) is 0 Å². The summed E-state index contributed by atoms with van der Waals surface area (Å²) in [6.45, 7) is 3.72. The zero-order valence-electron chi connectivity index (χ0n) is 10.0. The molecule has 0 saturated carbocycles. The molecule has 2 rings (SSSR count). The number of rotatable bonds is 2. The van der Waals surface area contributed by atoms with Gasteiger partial charge in [0.1, 0.15) is 0 Å². The summed E-state index contributed by atoms with van der Waals surface area (Å²) in [7, 11) is 0. The lowest BCUT2D eigenvalue weighted by Gasteiger charge is -2.07. The summed E-state index contributed by atoms with van der Waals surface area (Å²) in [5, 5.41) is 9.34. The van der Waals surface area contributed by atoms with Crippen LogP contribution in [-0.2, 0) is 0 Å². The molecule has 0 aliphatic heterocycles. The Morgan fingerprint density at radius 3 is 2.78 bits per heavy atom. The number of H-pyrrole nitrogens is 1. The van der Waals surface area contributed by atoms with Gasteiger partial charge in [-0.25, -0.2) is 0 Å². The van der Waals surface area contributed by atoms with E-state index in [0.29, 0.717) is 17.1 Å². The van der Waals surface area contributed by atoms with Gasteiger partial charge in [-0.2, -0.15) is 5.10 Å². The number of hydrogen-bond donors (Lipinski definition) is 3. The number of nitrogens with two attached hydrogens (primary N) is 1. The molecule has 1 aromatic carbocycles. The number of nitrogens with one attached hydrogen (secondary N) is 2. The summed E-state index contributed by atoms with van der Waals surface area (Å²) in [5.74, 6) is -0.330. The van der Waals surface area contributed by atoms with Gasteiger partial charge in [0.05, 0.1) is 17.1 Å². The molecule has 2 aromatic rings. The highest BCUT2D eigenvalue weighted by Gasteiger charge is 2.16. The third-order valence-electron chi connectivity index (χ3n) is 2.58. The Morgan fingerprint density at radius 1 is 1.44 bits per heavy atom. The quantitative estimate of drug-likeness (QED) is 0.797. The van der Waals surface area contributed by atoms with Gasteiger partial charge in [-0.3, -0.25) is 9.89 Å². The summed E-state index contributed by atoms with van der Waals surface area (Å²) < 4.78 is 0.812. The molecule has 4 N–H and O–H groups in total. The number of nitrogen functional groups attached to an aromatic ring is 1. The van der Waals surface area contributed by atoms with E-state index in [4.69, 9.17) is 5.73 Å². The topological polar surface area (TPSA) is 83.8 Å². The van der Waals surface area contributed by atoms with Crippen molar-refractivity contribution < 1.29 is 4.79 Å². The number of aromatic nitrogens is 2. The Balaban J connectivity index is 2.27. The lowest BCUT2D eigenvalue weighted by Crippen LogP contribution is -2.14. The number of benzene rings is 1. The number of amides is 1. The fourth-order valence-corrected chi connectivity index (χ4v) is 1.87. The minimum atomic E-state index is -0.330. The third kappa shape index (κ3) is 2.38. The number of halogens is 1. The summed E-state index contributed by atoms with van der Waals surface area (Å²) >= 11 is 3.38. The van der Waals surface area contributed by atoms with Gasteiger partial charge in [0.2, 0.25) is 0 Å². The summed E-state index contributed by atoms with van der Waals surface area (Å²) in [6, 6.07) is 5.70. The van der Waals surface area contributed by atoms with Crippen molar-refractivity contribution in [3.05, 3.63) is 39.6 Å². The van der Waals surface area contributed by atoms with E-state index in [-0.39, 0.29) is 11.6 Å². The van der Waals surface area contributed by atoms with E-state index in [9.17, 15) is 4.79 Å². The predicted molar refractivity (Wildman–Crippen MR) is 74.6 cm³/mol. The van der Waals surface area contributed by atoms with E-state index in [1.54, 1.807) is 6.92 Å². The van der Waals surface area contributed by atoms with Crippen LogP contribution in [0.4, 0.5) is 11.4 Å². The van der Waals surface area contributed by atoms with Crippen molar-refractivity contribution in [2.45, 2.75) is 13.8 Å². The Kier molecular flexibility index (Phi) is 3.38. The lowest BCUT2D eigenvalue weighted by molar-refractivity contribution is 0.102. The van der Waals surface area contributed by atoms with Crippen LogP contribution in [-0.4, -0.2) is 16.1 Å². The van der Waals surface area contributed by atoms with Crippen molar-refractivity contribution in [3.63, 3.8) is 0 Å². The van der Waals surface area contributed by atoms with Crippen LogP contribution in [0.5, 0.6) is 0 Å². The van der Waals surface area contributed by atoms with Crippen molar-refractivity contribution >= 4 is 33.2 Å². The van der Waals surface area contributed by atoms with Crippen molar-refractivity contribution in [2.24, 2.45) is 0 Å². The average Bonchev–Trinajstić information content (AvgIpc) is 2.65. The highest BCUT2D eigenvalue weighted by Crippen LogP contribution is 2.24. The molecule has 6 heteroatoms. The van der Waals surface area contributed by atoms with Crippen LogP contribution in [0, 0.1) is 13.8 Å². The van der Waals surface area contributed by atoms with Crippen molar-refractivity contribution in [2.75, 3.05) is 11.1 Å². The van der Waals surface area contributed by atoms with E-state index in [0.717, 1.165) is 10.0 Å². The van der Waals surface area contributed by atoms with E-state index in [1.807, 2.05) is 25.1 Å². The molecule has 0 spiro atoms. The van der Waals surface area contributed by atoms with E-state index in [1.165, 1.54) is 0 Å². The van der Waals surface area contributed by atoms with E-state index >= 15 is 0 Å². The fourth-order valence-electron chi connectivity index (χ4n) is 1.53. The molecule has 0 fully saturated rings. The number of aryl methyl sites for hydroxylation is 2. The zero-order valence-corrected chi connectivity index (χ0v) is 11.6. The van der Waals surface area contributed by atoms with Crippen LogP contribution in [0.25, 0.3) is 0 Å². The molecule has 0 atom stereocenters. The predicted octanol–water partition coefficient (Wildman–Crippen LogP) is 2.62. The maximum Gasteiger partial charge on any atom is 0.278 e. The summed E-state index contributed by atoms with van der Waals surface area (Å²) in [6.07, 6.45) is 0. The molecular weight excluding hydrogens is 296 g/mol. The molecule has 0 unspecified atom stereocenters. The Morgan fingerprint density at radius 2 is 2.17 bits per heavy atom. The van der Waals surface area contributed by atoms with Crippen LogP contribution in [0.1, 0.15) is 21.7 Å². The molecule has 1 aromatic heterocycles. The first-order valence-electron chi connectivity index (χ1n) is 5.37. The van der Waals surface area contributed by atoms with Gasteiger partial charge in [-0.15, -0.1) is 0 Å². The second-order valence-corrected chi connectivity index (χ2v) is 4.90. The van der Waals surface area contributed by atoms with Crippen LogP contribution >= 0.6 is 15.9 Å². The molecule has 0 aliphatic rings. The van der Waals surface area contributed by atoms with Gasteiger partial charge in [-0.1, -0.05) is 6.07 Å². The van der Waals surface area contributed by atoms with Crippen molar-refractivity contribution in [1.29, 1.82) is 0 Å². The first kappa shape index (κ1) is 12.6. The lowest BCUT2D eigenvalue weighted by atomic mass is 10.2. The summed E-state index contributed by atoms with van der Waals surface area (Å²) in [4.78, 5) is 12.0. The number of carbonyl (C=O) groups is 1. The highest BCUT2D eigenvalue weighted by atomic mass is 79.9. The van der Waals surface area contributed by atoms with Gasteiger partial charge in [0.15, 0.2) is 5.69 Å². The monoisotopic (exact) mass is 308 g/mol. The smallest absolute Gasteiger partial charge is 0.278 e. The van der Waals surface area contributed by atoms with Gasteiger partial charge in [0.25, 0.3) is 5.91 Å². The maximum absolute atomic E-state index is 12.0. The molecule has 94 valence electrons. The van der Waals surface area contributed by atoms with Crippen LogP contribution in [0.15, 0.2) is 22.7 Å². The molecule has 18 heavy (non-hydrogen) atoms. The number of nitrogens with zero attached hydrogens (tertiary/aromatic N) is 1. The molecule has 0 saturated heterocycles. The second-order valence-electron chi connectivity index (χ2n) is 4.05. The minimum Gasteiger partial charge on any atom is -0.395 e. The number of carbonyl (C=O) groups excluding carboxylic acids is 1. The molecular formula is C12H13BrN4O.